The van der Waals surface area contributed by atoms with Gasteiger partial charge >= 0.3 is 6.09 Å². The number of carbonyl (C=O) groups excluding carboxylic acids is 1. The average Bonchev–Trinajstić information content (AvgIpc) is 2.44. The second-order valence-corrected chi connectivity index (χ2v) is 3.54. The standard InChI is InChI=1S/C8H7N3O2S/c9-5-4-2-1-3-11-6(4)14-7(5)13-8(10)12/h1-3H,9H2,(H2,10,12). The zero-order chi connectivity index (χ0) is 10.1. The van der Waals surface area contributed by atoms with Gasteiger partial charge in [0, 0.05) is 11.6 Å². The van der Waals surface area contributed by atoms with Crippen molar-refractivity contribution in [2.75, 3.05) is 5.73 Å². The van der Waals surface area contributed by atoms with E-state index >= 15 is 0 Å². The number of thiophene rings is 1. The molecule has 5 nitrogen and oxygen atoms in total. The Morgan fingerprint density at radius 1 is 1.57 bits per heavy atom. The van der Waals surface area contributed by atoms with Crippen LogP contribution in [0.15, 0.2) is 18.3 Å². The van der Waals surface area contributed by atoms with Crippen LogP contribution in [0.3, 0.4) is 0 Å². The van der Waals surface area contributed by atoms with Gasteiger partial charge in [0.1, 0.15) is 4.83 Å². The van der Waals surface area contributed by atoms with Crippen molar-refractivity contribution in [3.8, 4) is 5.06 Å². The van der Waals surface area contributed by atoms with Crippen LogP contribution in [0.2, 0.25) is 0 Å². The third-order valence-electron chi connectivity index (χ3n) is 1.66. The van der Waals surface area contributed by atoms with Crippen LogP contribution in [0.1, 0.15) is 0 Å². The Morgan fingerprint density at radius 2 is 2.36 bits per heavy atom. The molecule has 0 fully saturated rings. The normalized spacial score (nSPS) is 10.3. The molecule has 0 saturated carbocycles. The fraction of sp³-hybridized carbons (Fsp3) is 0. The van der Waals surface area contributed by atoms with Crippen LogP contribution in [0.4, 0.5) is 10.5 Å². The lowest BCUT2D eigenvalue weighted by Crippen LogP contribution is -2.16. The van der Waals surface area contributed by atoms with Gasteiger partial charge in [-0.2, -0.15) is 0 Å². The molecular formula is C8H7N3O2S. The molecule has 2 aromatic heterocycles. The number of amides is 1. The number of carbonyl (C=O) groups is 1. The summed E-state index contributed by atoms with van der Waals surface area (Å²) in [6.07, 6.45) is 0.773. The van der Waals surface area contributed by atoms with E-state index in [1.807, 2.05) is 6.07 Å². The number of ether oxygens (including phenoxy) is 1. The van der Waals surface area contributed by atoms with Crippen molar-refractivity contribution in [2.45, 2.75) is 0 Å². The first-order chi connectivity index (χ1) is 6.68. The van der Waals surface area contributed by atoms with Crippen LogP contribution in [0.5, 0.6) is 5.06 Å². The molecule has 14 heavy (non-hydrogen) atoms. The highest BCUT2D eigenvalue weighted by Crippen LogP contribution is 2.38. The van der Waals surface area contributed by atoms with Gasteiger partial charge in [0.15, 0.2) is 0 Å². The molecule has 6 heteroatoms. The first kappa shape index (κ1) is 8.76. The van der Waals surface area contributed by atoms with Crippen LogP contribution in [0.25, 0.3) is 10.2 Å². The lowest BCUT2D eigenvalue weighted by atomic mass is 10.3. The van der Waals surface area contributed by atoms with Gasteiger partial charge in [-0.1, -0.05) is 11.3 Å². The molecule has 0 bridgehead atoms. The number of hydrogen-bond donors (Lipinski definition) is 2. The summed E-state index contributed by atoms with van der Waals surface area (Å²) in [4.78, 5) is 15.3. The summed E-state index contributed by atoms with van der Waals surface area (Å²) in [5, 5.41) is 1.07. The Morgan fingerprint density at radius 3 is 3.00 bits per heavy atom. The monoisotopic (exact) mass is 209 g/mol. The number of hydrogen-bond acceptors (Lipinski definition) is 5. The van der Waals surface area contributed by atoms with Crippen LogP contribution in [-0.4, -0.2) is 11.1 Å². The van der Waals surface area contributed by atoms with Crippen LogP contribution in [-0.2, 0) is 0 Å². The average molecular weight is 209 g/mol. The van der Waals surface area contributed by atoms with Crippen molar-refractivity contribution in [2.24, 2.45) is 5.73 Å². The van der Waals surface area contributed by atoms with Crippen molar-refractivity contribution in [1.82, 2.24) is 4.98 Å². The Kier molecular flexibility index (Phi) is 1.97. The van der Waals surface area contributed by atoms with Gasteiger partial charge in [-0.3, -0.25) is 0 Å². The van der Waals surface area contributed by atoms with E-state index in [1.54, 1.807) is 12.3 Å². The second kappa shape index (κ2) is 3.15. The van der Waals surface area contributed by atoms with Gasteiger partial charge in [-0.15, -0.1) is 0 Å². The summed E-state index contributed by atoms with van der Waals surface area (Å²) in [6, 6.07) is 3.57. The molecule has 0 atom stereocenters. The first-order valence-corrected chi connectivity index (χ1v) is 4.60. The van der Waals surface area contributed by atoms with Crippen LogP contribution < -0.4 is 16.2 Å². The van der Waals surface area contributed by atoms with Gasteiger partial charge in [-0.25, -0.2) is 9.78 Å². The molecule has 2 heterocycles. The number of aromatic nitrogens is 1. The molecule has 0 saturated heterocycles. The van der Waals surface area contributed by atoms with E-state index in [1.165, 1.54) is 11.3 Å². The third kappa shape index (κ3) is 1.35. The SMILES string of the molecule is NC(=O)Oc1sc2ncccc2c1N. The maximum absolute atomic E-state index is 10.5. The molecule has 0 aliphatic heterocycles. The lowest BCUT2D eigenvalue weighted by Gasteiger charge is -1.96. The number of nitrogens with two attached hydrogens (primary N) is 2. The second-order valence-electron chi connectivity index (χ2n) is 2.58. The Balaban J connectivity index is 2.57. The molecule has 0 radical (unpaired) electrons. The highest BCUT2D eigenvalue weighted by molar-refractivity contribution is 7.21. The molecule has 2 aromatic rings. The van der Waals surface area contributed by atoms with Crippen molar-refractivity contribution >= 4 is 33.3 Å². The van der Waals surface area contributed by atoms with Gasteiger partial charge in [-0.05, 0) is 12.1 Å². The molecule has 0 aliphatic carbocycles. The van der Waals surface area contributed by atoms with Gasteiger partial charge in [0.05, 0.1) is 5.69 Å². The van der Waals surface area contributed by atoms with Crippen molar-refractivity contribution in [3.05, 3.63) is 18.3 Å². The fourth-order valence-electron chi connectivity index (χ4n) is 1.10. The largest absolute Gasteiger partial charge is 0.410 e. The summed E-state index contributed by atoms with van der Waals surface area (Å²) < 4.78 is 4.72. The van der Waals surface area contributed by atoms with E-state index in [9.17, 15) is 4.79 Å². The molecule has 0 aromatic carbocycles. The molecule has 0 aliphatic rings. The van der Waals surface area contributed by atoms with Crippen molar-refractivity contribution < 1.29 is 9.53 Å². The molecular weight excluding hydrogens is 202 g/mol. The van der Waals surface area contributed by atoms with E-state index in [0.717, 1.165) is 10.2 Å². The quantitative estimate of drug-likeness (QED) is 0.741. The third-order valence-corrected chi connectivity index (χ3v) is 2.67. The molecule has 2 rings (SSSR count). The fourth-order valence-corrected chi connectivity index (χ4v) is 2.02. The van der Waals surface area contributed by atoms with Gasteiger partial charge < -0.3 is 16.2 Å². The Hall–Kier alpha value is -1.82. The number of nitrogen functional groups attached to an aromatic ring is 1. The molecule has 1 amide bonds. The number of nitrogens with zero attached hydrogens (tertiary/aromatic N) is 1. The van der Waals surface area contributed by atoms with Crippen LogP contribution in [0, 0.1) is 0 Å². The van der Waals surface area contributed by atoms with E-state index in [-0.39, 0.29) is 0 Å². The Bertz CT molecular complexity index is 494. The zero-order valence-electron chi connectivity index (χ0n) is 7.06. The van der Waals surface area contributed by atoms with Crippen molar-refractivity contribution in [1.29, 1.82) is 0 Å². The van der Waals surface area contributed by atoms with E-state index < -0.39 is 6.09 Å². The summed E-state index contributed by atoms with van der Waals surface area (Å²) in [6.45, 7) is 0. The maximum Gasteiger partial charge on any atom is 0.410 e. The smallest absolute Gasteiger partial charge is 0.397 e. The van der Waals surface area contributed by atoms with Gasteiger partial charge in [0.2, 0.25) is 5.06 Å². The Labute approximate surface area is 83.3 Å². The van der Waals surface area contributed by atoms with Crippen LogP contribution >= 0.6 is 11.3 Å². The number of fused-ring (bicyclic) bond motifs is 1. The summed E-state index contributed by atoms with van der Waals surface area (Å²) in [5.41, 5.74) is 11.0. The summed E-state index contributed by atoms with van der Waals surface area (Å²) in [7, 11) is 0. The highest BCUT2D eigenvalue weighted by Gasteiger charge is 2.12. The minimum Gasteiger partial charge on any atom is -0.397 e. The summed E-state index contributed by atoms with van der Waals surface area (Å²) >= 11 is 1.19. The lowest BCUT2D eigenvalue weighted by molar-refractivity contribution is 0.212. The van der Waals surface area contributed by atoms with Crippen molar-refractivity contribution in [3.63, 3.8) is 0 Å². The molecule has 0 unspecified atom stereocenters. The minimum absolute atomic E-state index is 0.297. The van der Waals surface area contributed by atoms with E-state index in [2.05, 4.69) is 4.98 Å². The maximum atomic E-state index is 10.5. The predicted molar refractivity (Wildman–Crippen MR) is 54.2 cm³/mol. The summed E-state index contributed by atoms with van der Waals surface area (Å²) in [5.74, 6) is 0. The molecule has 72 valence electrons. The predicted octanol–water partition coefficient (Wildman–Crippen LogP) is 1.34. The zero-order valence-corrected chi connectivity index (χ0v) is 7.88. The number of rotatable bonds is 1. The van der Waals surface area contributed by atoms with E-state index in [4.69, 9.17) is 16.2 Å². The van der Waals surface area contributed by atoms with Gasteiger partial charge in [0.25, 0.3) is 0 Å². The highest BCUT2D eigenvalue weighted by atomic mass is 32.1. The minimum atomic E-state index is -0.872. The van der Waals surface area contributed by atoms with E-state index in [0.29, 0.717) is 10.8 Å². The first-order valence-electron chi connectivity index (χ1n) is 3.79. The molecule has 0 spiro atoms. The molecule has 4 N–H and O–H groups in total. The number of primary amides is 1. The number of anilines is 1. The topological polar surface area (TPSA) is 91.2 Å². The number of pyridine rings is 1.